The number of nitrogens with two attached hydrogens (primary N) is 2. The van der Waals surface area contributed by atoms with Crippen molar-refractivity contribution in [3.05, 3.63) is 10.8 Å². The van der Waals surface area contributed by atoms with Crippen molar-refractivity contribution in [1.29, 1.82) is 5.41 Å². The molecule has 140 valence electrons. The van der Waals surface area contributed by atoms with Crippen LogP contribution in [0.3, 0.4) is 0 Å². The molecule has 1 heterocycles. The molecule has 0 bridgehead atoms. The average Bonchev–Trinajstić information content (AvgIpc) is 2.56. The lowest BCUT2D eigenvalue weighted by Crippen LogP contribution is -2.41. The van der Waals surface area contributed by atoms with Crippen LogP contribution in [0.1, 0.15) is 36.2 Å². The molecule has 0 atom stereocenters. The predicted octanol–water partition coefficient (Wildman–Crippen LogP) is 0.118. The zero-order valence-corrected chi connectivity index (χ0v) is 14.6. The standard InChI is InChI=1S/C14H24ClN7O3/c15-10-12(17)21-11(16)9(20-10)13(24)22-14(18)19-5-3-1-2-4-7-25-8-6-23/h23H,1-8H2,(H4,16,17,21)(H3,18,19,22,24). The Morgan fingerprint density at radius 3 is 2.60 bits per heavy atom. The Labute approximate surface area is 150 Å². The van der Waals surface area contributed by atoms with E-state index >= 15 is 0 Å². The van der Waals surface area contributed by atoms with Gasteiger partial charge in [-0.15, -0.1) is 0 Å². The van der Waals surface area contributed by atoms with E-state index in [4.69, 9.17) is 38.3 Å². The highest BCUT2D eigenvalue weighted by atomic mass is 35.5. The number of guanidine groups is 1. The number of hydrogen-bond donors (Lipinski definition) is 6. The number of halogens is 1. The fourth-order valence-electron chi connectivity index (χ4n) is 1.89. The molecule has 0 radical (unpaired) electrons. The van der Waals surface area contributed by atoms with Crippen LogP contribution in [0.25, 0.3) is 0 Å². The molecule has 1 rings (SSSR count). The number of unbranched alkanes of at least 4 members (excludes halogenated alkanes) is 3. The topological polar surface area (TPSA) is 172 Å². The van der Waals surface area contributed by atoms with Crippen molar-refractivity contribution in [2.75, 3.05) is 37.8 Å². The number of carbonyl (C=O) groups is 1. The highest BCUT2D eigenvalue weighted by Crippen LogP contribution is 2.17. The Bertz CT molecular complexity index is 586. The van der Waals surface area contributed by atoms with Gasteiger partial charge in [-0.05, 0) is 12.8 Å². The number of anilines is 2. The Kier molecular flexibility index (Phi) is 9.51. The van der Waals surface area contributed by atoms with Gasteiger partial charge in [0, 0.05) is 13.2 Å². The van der Waals surface area contributed by atoms with E-state index in [-0.39, 0.29) is 35.0 Å². The summed E-state index contributed by atoms with van der Waals surface area (Å²) in [4.78, 5) is 19.5. The number of nitrogens with zero attached hydrogens (tertiary/aromatic N) is 2. The van der Waals surface area contributed by atoms with E-state index in [1.165, 1.54) is 0 Å². The molecule has 0 spiro atoms. The first-order chi connectivity index (χ1) is 12.0. The molecule has 0 saturated carbocycles. The van der Waals surface area contributed by atoms with Crippen LogP contribution in [0.5, 0.6) is 0 Å². The molecule has 11 heteroatoms. The first-order valence-corrected chi connectivity index (χ1v) is 8.24. The maximum absolute atomic E-state index is 12.0. The normalized spacial score (nSPS) is 10.5. The average molecular weight is 374 g/mol. The summed E-state index contributed by atoms with van der Waals surface area (Å²) in [5, 5.41) is 21.2. The van der Waals surface area contributed by atoms with E-state index in [1.54, 1.807) is 0 Å². The number of aliphatic hydroxyl groups is 1. The van der Waals surface area contributed by atoms with Crippen molar-refractivity contribution < 1.29 is 14.6 Å². The smallest absolute Gasteiger partial charge is 0.280 e. The summed E-state index contributed by atoms with van der Waals surface area (Å²) in [5.74, 6) is -1.07. The predicted molar refractivity (Wildman–Crippen MR) is 95.4 cm³/mol. The molecule has 0 unspecified atom stereocenters. The van der Waals surface area contributed by atoms with E-state index < -0.39 is 5.91 Å². The molecule has 10 nitrogen and oxygen atoms in total. The van der Waals surface area contributed by atoms with Gasteiger partial charge in [-0.1, -0.05) is 24.4 Å². The summed E-state index contributed by atoms with van der Waals surface area (Å²) in [5.41, 5.74) is 10.8. The fraction of sp³-hybridized carbons (Fsp3) is 0.571. The number of amides is 1. The minimum Gasteiger partial charge on any atom is -0.394 e. The van der Waals surface area contributed by atoms with Gasteiger partial charge in [0.15, 0.2) is 28.4 Å². The van der Waals surface area contributed by atoms with Gasteiger partial charge >= 0.3 is 0 Å². The Balaban J connectivity index is 2.22. The third-order valence-electron chi connectivity index (χ3n) is 3.11. The molecule has 8 N–H and O–H groups in total. The monoisotopic (exact) mass is 373 g/mol. The Morgan fingerprint density at radius 1 is 1.16 bits per heavy atom. The molecule has 0 aliphatic carbocycles. The van der Waals surface area contributed by atoms with E-state index in [1.807, 2.05) is 0 Å². The molecule has 0 aliphatic heterocycles. The molecule has 0 fully saturated rings. The lowest BCUT2D eigenvalue weighted by Gasteiger charge is -2.10. The number of aromatic nitrogens is 2. The van der Waals surface area contributed by atoms with Crippen LogP contribution in [0, 0.1) is 5.41 Å². The first kappa shape index (κ1) is 20.9. The van der Waals surface area contributed by atoms with Gasteiger partial charge in [0.1, 0.15) is 0 Å². The van der Waals surface area contributed by atoms with Crippen LogP contribution < -0.4 is 22.1 Å². The third-order valence-corrected chi connectivity index (χ3v) is 3.39. The fourth-order valence-corrected chi connectivity index (χ4v) is 2.02. The Hall–Kier alpha value is -2.17. The molecule has 1 aromatic heterocycles. The van der Waals surface area contributed by atoms with Gasteiger partial charge in [0.05, 0.1) is 13.2 Å². The molecule has 0 aliphatic rings. The van der Waals surface area contributed by atoms with Gasteiger partial charge in [-0.3, -0.25) is 15.5 Å². The van der Waals surface area contributed by atoms with Crippen LogP contribution in [0.4, 0.5) is 11.6 Å². The summed E-state index contributed by atoms with van der Waals surface area (Å²) < 4.78 is 5.15. The quantitative estimate of drug-likeness (QED) is 0.190. The second kappa shape index (κ2) is 11.4. The van der Waals surface area contributed by atoms with Gasteiger partial charge in [-0.25, -0.2) is 9.97 Å². The van der Waals surface area contributed by atoms with E-state index in [0.29, 0.717) is 19.8 Å². The summed E-state index contributed by atoms with van der Waals surface area (Å²) in [6, 6.07) is 0. The van der Waals surface area contributed by atoms with Crippen molar-refractivity contribution in [3.8, 4) is 0 Å². The summed E-state index contributed by atoms with van der Waals surface area (Å²) in [6.07, 6.45) is 3.71. The van der Waals surface area contributed by atoms with Gasteiger partial charge in [0.25, 0.3) is 5.91 Å². The maximum Gasteiger partial charge on any atom is 0.280 e. The second-order valence-corrected chi connectivity index (χ2v) is 5.50. The second-order valence-electron chi connectivity index (χ2n) is 5.14. The third kappa shape index (κ3) is 7.96. The van der Waals surface area contributed by atoms with Crippen LogP contribution in [-0.4, -0.2) is 53.3 Å². The molecule has 1 aromatic rings. The number of nitrogens with one attached hydrogen (secondary N) is 3. The minimum absolute atomic E-state index is 0.0392. The summed E-state index contributed by atoms with van der Waals surface area (Å²) >= 11 is 5.71. The lowest BCUT2D eigenvalue weighted by atomic mass is 10.2. The number of aliphatic hydroxyl groups excluding tert-OH is 1. The van der Waals surface area contributed by atoms with Crippen LogP contribution in [0.15, 0.2) is 0 Å². The number of nitrogen functional groups attached to an aromatic ring is 2. The van der Waals surface area contributed by atoms with Crippen LogP contribution >= 0.6 is 11.6 Å². The van der Waals surface area contributed by atoms with Gasteiger partial charge in [-0.2, -0.15) is 0 Å². The highest BCUT2D eigenvalue weighted by molar-refractivity contribution is 6.31. The van der Waals surface area contributed by atoms with Crippen LogP contribution in [0.2, 0.25) is 5.15 Å². The molecular weight excluding hydrogens is 350 g/mol. The van der Waals surface area contributed by atoms with Crippen molar-refractivity contribution in [1.82, 2.24) is 20.6 Å². The van der Waals surface area contributed by atoms with Gasteiger partial charge in [0.2, 0.25) is 0 Å². The summed E-state index contributed by atoms with van der Waals surface area (Å²) in [7, 11) is 0. The Morgan fingerprint density at radius 2 is 1.88 bits per heavy atom. The van der Waals surface area contributed by atoms with E-state index in [2.05, 4.69) is 20.6 Å². The number of ether oxygens (including phenoxy) is 1. The largest absolute Gasteiger partial charge is 0.394 e. The number of rotatable bonds is 10. The minimum atomic E-state index is -0.689. The van der Waals surface area contributed by atoms with E-state index in [0.717, 1.165) is 25.7 Å². The number of carbonyl (C=O) groups excluding carboxylic acids is 1. The summed E-state index contributed by atoms with van der Waals surface area (Å²) in [6.45, 7) is 1.58. The van der Waals surface area contributed by atoms with E-state index in [9.17, 15) is 4.79 Å². The van der Waals surface area contributed by atoms with Crippen molar-refractivity contribution in [2.24, 2.45) is 0 Å². The highest BCUT2D eigenvalue weighted by Gasteiger charge is 2.16. The molecule has 25 heavy (non-hydrogen) atoms. The zero-order valence-electron chi connectivity index (χ0n) is 13.8. The maximum atomic E-state index is 12.0. The van der Waals surface area contributed by atoms with Crippen LogP contribution in [-0.2, 0) is 4.74 Å². The lowest BCUT2D eigenvalue weighted by molar-refractivity contribution is 0.0895. The zero-order chi connectivity index (χ0) is 18.7. The first-order valence-electron chi connectivity index (χ1n) is 7.86. The molecule has 0 aromatic carbocycles. The molecule has 0 saturated heterocycles. The molecular formula is C14H24ClN7O3. The van der Waals surface area contributed by atoms with Crippen molar-refractivity contribution in [2.45, 2.75) is 25.7 Å². The van der Waals surface area contributed by atoms with Crippen molar-refractivity contribution in [3.63, 3.8) is 0 Å². The van der Waals surface area contributed by atoms with Crippen molar-refractivity contribution >= 4 is 35.1 Å². The van der Waals surface area contributed by atoms with Gasteiger partial charge < -0.3 is 26.6 Å². The number of hydrogen-bond acceptors (Lipinski definition) is 8. The SMILES string of the molecule is N=C(NCCCCCCOCCO)NC(=O)c1nc(Cl)c(N)nc1N. The molecule has 1 amide bonds.